The number of ether oxygens (including phenoxy) is 3. The maximum Gasteiger partial charge on any atom is 0.306 e. The number of allylic oxidation sites excluding steroid dienone is 8. The Morgan fingerprint density at radius 2 is 0.726 bits per heavy atom. The van der Waals surface area contributed by atoms with Crippen LogP contribution in [0.5, 0.6) is 0 Å². The van der Waals surface area contributed by atoms with Crippen molar-refractivity contribution in [3.63, 3.8) is 0 Å². The van der Waals surface area contributed by atoms with E-state index < -0.39 is 6.10 Å². The fourth-order valence-corrected chi connectivity index (χ4v) is 7.81. The van der Waals surface area contributed by atoms with E-state index in [4.69, 9.17) is 14.2 Å². The number of carbonyl (C=O) groups is 2. The standard InChI is InChI=1S/C57H104O5/c1-4-7-10-13-16-19-22-25-28-29-31-32-35-38-41-44-47-50-56(58)61-54-55(53-60-52-49-46-43-40-37-34-27-24-21-18-15-12-9-6-3)62-57(59)51-48-45-42-39-36-33-30-26-23-20-17-14-11-8-5-2/h8,11,17,20,25-26,28,30,55H,4-7,9-10,12-16,18-19,21-24,27,29,31-54H2,1-3H3/b11-8-,20-17-,28-25-,30-26-. The fraction of sp³-hybridized carbons (Fsp3) is 0.825. The van der Waals surface area contributed by atoms with E-state index in [0.29, 0.717) is 19.4 Å². The molecule has 0 N–H and O–H groups in total. The summed E-state index contributed by atoms with van der Waals surface area (Å²) in [5.41, 5.74) is 0. The van der Waals surface area contributed by atoms with E-state index in [1.54, 1.807) is 0 Å². The van der Waals surface area contributed by atoms with Gasteiger partial charge in [-0.2, -0.15) is 0 Å². The molecule has 0 fully saturated rings. The van der Waals surface area contributed by atoms with E-state index in [1.165, 1.54) is 180 Å². The Kier molecular flexibility index (Phi) is 51.4. The van der Waals surface area contributed by atoms with Crippen LogP contribution in [-0.4, -0.2) is 37.9 Å². The van der Waals surface area contributed by atoms with Gasteiger partial charge in [0, 0.05) is 19.4 Å². The van der Waals surface area contributed by atoms with Gasteiger partial charge in [0.15, 0.2) is 6.10 Å². The van der Waals surface area contributed by atoms with Crippen molar-refractivity contribution in [1.82, 2.24) is 0 Å². The van der Waals surface area contributed by atoms with Crippen molar-refractivity contribution in [1.29, 1.82) is 0 Å². The van der Waals surface area contributed by atoms with E-state index in [-0.39, 0.29) is 25.2 Å². The number of unbranched alkanes of at least 4 members (excludes halogenated alkanes) is 31. The number of rotatable bonds is 50. The molecule has 62 heavy (non-hydrogen) atoms. The lowest BCUT2D eigenvalue weighted by molar-refractivity contribution is -0.163. The lowest BCUT2D eigenvalue weighted by Gasteiger charge is -2.18. The highest BCUT2D eigenvalue weighted by Crippen LogP contribution is 2.15. The minimum atomic E-state index is -0.544. The molecule has 0 aliphatic rings. The van der Waals surface area contributed by atoms with Crippen molar-refractivity contribution in [3.8, 4) is 0 Å². The van der Waals surface area contributed by atoms with E-state index in [1.807, 2.05) is 0 Å². The topological polar surface area (TPSA) is 61.8 Å². The maximum absolute atomic E-state index is 12.8. The highest BCUT2D eigenvalue weighted by Gasteiger charge is 2.17. The minimum absolute atomic E-state index is 0.0793. The molecule has 1 unspecified atom stereocenters. The van der Waals surface area contributed by atoms with Gasteiger partial charge in [0.05, 0.1) is 6.61 Å². The molecule has 0 amide bonds. The molecule has 0 rings (SSSR count). The third-order valence-electron chi connectivity index (χ3n) is 11.8. The van der Waals surface area contributed by atoms with Gasteiger partial charge < -0.3 is 14.2 Å². The minimum Gasteiger partial charge on any atom is -0.462 e. The molecule has 0 radical (unpaired) electrons. The van der Waals surface area contributed by atoms with E-state index in [2.05, 4.69) is 69.4 Å². The molecule has 0 saturated heterocycles. The molecule has 0 saturated carbocycles. The largest absolute Gasteiger partial charge is 0.462 e. The summed E-state index contributed by atoms with van der Waals surface area (Å²) < 4.78 is 17.4. The predicted octanol–water partition coefficient (Wildman–Crippen LogP) is 18.3. The van der Waals surface area contributed by atoms with Crippen LogP contribution in [0.1, 0.15) is 278 Å². The molecule has 0 aliphatic heterocycles. The summed E-state index contributed by atoms with van der Waals surface area (Å²) in [6.07, 6.45) is 65.5. The highest BCUT2D eigenvalue weighted by atomic mass is 16.6. The third-order valence-corrected chi connectivity index (χ3v) is 11.8. The van der Waals surface area contributed by atoms with Crippen molar-refractivity contribution in [2.45, 2.75) is 284 Å². The van der Waals surface area contributed by atoms with E-state index in [0.717, 1.165) is 64.2 Å². The van der Waals surface area contributed by atoms with Crippen molar-refractivity contribution in [3.05, 3.63) is 48.6 Å². The number of carbonyl (C=O) groups excluding carboxylic acids is 2. The number of hydrogen-bond donors (Lipinski definition) is 0. The zero-order valence-electron chi connectivity index (χ0n) is 41.6. The predicted molar refractivity (Wildman–Crippen MR) is 270 cm³/mol. The van der Waals surface area contributed by atoms with Crippen molar-refractivity contribution < 1.29 is 23.8 Å². The van der Waals surface area contributed by atoms with Gasteiger partial charge in [-0.15, -0.1) is 0 Å². The van der Waals surface area contributed by atoms with Crippen LogP contribution in [0.25, 0.3) is 0 Å². The normalized spacial score (nSPS) is 12.5. The SMILES string of the molecule is CC/C=C\C/C=C\C/C=C\CCCCCCCC(=O)OC(COCCCCCCCCCCCCCCCC)COC(=O)CCCCCCCCC/C=C\CCCCCCCC. The molecule has 0 aromatic heterocycles. The Balaban J connectivity index is 4.27. The molecular formula is C57H104O5. The third kappa shape index (κ3) is 50.5. The van der Waals surface area contributed by atoms with Crippen LogP contribution in [0.4, 0.5) is 0 Å². The zero-order chi connectivity index (χ0) is 44.9. The quantitative estimate of drug-likeness (QED) is 0.0346. The van der Waals surface area contributed by atoms with E-state index >= 15 is 0 Å². The monoisotopic (exact) mass is 869 g/mol. The van der Waals surface area contributed by atoms with Gasteiger partial charge in [-0.3, -0.25) is 9.59 Å². The molecule has 1 atom stereocenters. The molecular weight excluding hydrogens is 765 g/mol. The Labute approximate surface area is 386 Å². The van der Waals surface area contributed by atoms with Gasteiger partial charge >= 0.3 is 11.9 Å². The van der Waals surface area contributed by atoms with Crippen molar-refractivity contribution in [2.75, 3.05) is 19.8 Å². The van der Waals surface area contributed by atoms with Gasteiger partial charge in [0.25, 0.3) is 0 Å². The Hall–Kier alpha value is -2.14. The van der Waals surface area contributed by atoms with Crippen LogP contribution in [0, 0.1) is 0 Å². The molecule has 362 valence electrons. The van der Waals surface area contributed by atoms with Crippen LogP contribution in [-0.2, 0) is 23.8 Å². The van der Waals surface area contributed by atoms with Gasteiger partial charge in [0.2, 0.25) is 0 Å². The summed E-state index contributed by atoms with van der Waals surface area (Å²) in [5, 5.41) is 0. The average molecular weight is 869 g/mol. The van der Waals surface area contributed by atoms with E-state index in [9.17, 15) is 9.59 Å². The second kappa shape index (κ2) is 53.2. The van der Waals surface area contributed by atoms with Crippen molar-refractivity contribution >= 4 is 11.9 Å². The Morgan fingerprint density at radius 1 is 0.371 bits per heavy atom. The molecule has 0 aliphatic carbocycles. The van der Waals surface area contributed by atoms with Gasteiger partial charge in [0.1, 0.15) is 6.61 Å². The second-order valence-electron chi connectivity index (χ2n) is 18.1. The summed E-state index contributed by atoms with van der Waals surface area (Å²) in [7, 11) is 0. The van der Waals surface area contributed by atoms with Crippen LogP contribution < -0.4 is 0 Å². The van der Waals surface area contributed by atoms with Crippen LogP contribution in [0.15, 0.2) is 48.6 Å². The molecule has 0 spiro atoms. The molecule has 0 aromatic rings. The first-order chi connectivity index (χ1) is 30.6. The lowest BCUT2D eigenvalue weighted by atomic mass is 10.0. The van der Waals surface area contributed by atoms with Gasteiger partial charge in [-0.25, -0.2) is 0 Å². The summed E-state index contributed by atoms with van der Waals surface area (Å²) >= 11 is 0. The highest BCUT2D eigenvalue weighted by molar-refractivity contribution is 5.70. The maximum atomic E-state index is 12.8. The summed E-state index contributed by atoms with van der Waals surface area (Å²) in [6.45, 7) is 7.73. The zero-order valence-corrected chi connectivity index (χ0v) is 41.6. The Morgan fingerprint density at radius 3 is 1.18 bits per heavy atom. The number of esters is 2. The smallest absolute Gasteiger partial charge is 0.306 e. The first-order valence-electron chi connectivity index (χ1n) is 27.2. The lowest BCUT2D eigenvalue weighted by Crippen LogP contribution is -2.30. The first-order valence-corrected chi connectivity index (χ1v) is 27.2. The van der Waals surface area contributed by atoms with Gasteiger partial charge in [-0.05, 0) is 77.0 Å². The summed E-state index contributed by atoms with van der Waals surface area (Å²) in [5.74, 6) is -0.409. The van der Waals surface area contributed by atoms with Crippen molar-refractivity contribution in [2.24, 2.45) is 0 Å². The summed E-state index contributed by atoms with van der Waals surface area (Å²) in [4.78, 5) is 25.4. The summed E-state index contributed by atoms with van der Waals surface area (Å²) in [6, 6.07) is 0. The molecule has 0 aromatic carbocycles. The fourth-order valence-electron chi connectivity index (χ4n) is 7.81. The van der Waals surface area contributed by atoms with Gasteiger partial charge in [-0.1, -0.05) is 236 Å². The average Bonchev–Trinajstić information content (AvgIpc) is 3.27. The molecule has 0 heterocycles. The van der Waals surface area contributed by atoms with Crippen LogP contribution >= 0.6 is 0 Å². The van der Waals surface area contributed by atoms with Crippen LogP contribution in [0.2, 0.25) is 0 Å². The first kappa shape index (κ1) is 59.9. The Bertz CT molecular complexity index is 1030. The molecule has 0 bridgehead atoms. The molecule has 5 heteroatoms. The van der Waals surface area contributed by atoms with Crippen LogP contribution in [0.3, 0.4) is 0 Å². The number of hydrogen-bond acceptors (Lipinski definition) is 5. The second-order valence-corrected chi connectivity index (χ2v) is 18.1. The molecule has 5 nitrogen and oxygen atoms in total.